The van der Waals surface area contributed by atoms with Crippen molar-refractivity contribution in [2.75, 3.05) is 46.8 Å². The van der Waals surface area contributed by atoms with Crippen molar-refractivity contribution in [2.24, 2.45) is 5.73 Å². The molecule has 0 aliphatic carbocycles. The minimum atomic E-state index is -0.0131. The van der Waals surface area contributed by atoms with Crippen LogP contribution in [0.2, 0.25) is 0 Å². The van der Waals surface area contributed by atoms with E-state index in [1.54, 1.807) is 19.2 Å². The molecule has 0 unspecified atom stereocenters. The molecule has 0 aromatic carbocycles. The van der Waals surface area contributed by atoms with Gasteiger partial charge in [-0.2, -0.15) is 0 Å². The topological polar surface area (TPSA) is 99.7 Å². The largest absolute Gasteiger partial charge is 0.475 e. The second kappa shape index (κ2) is 10.1. The molecule has 112 valence electrons. The maximum absolute atomic E-state index is 7.24. The van der Waals surface area contributed by atoms with Crippen molar-refractivity contribution in [2.45, 2.75) is 0 Å². The molecular weight excluding hydrogens is 262 g/mol. The molecule has 0 radical (unpaired) electrons. The zero-order chi connectivity index (χ0) is 14.6. The second-order valence-corrected chi connectivity index (χ2v) is 3.86. The first-order valence-electron chi connectivity index (χ1n) is 6.31. The van der Waals surface area contributed by atoms with Crippen molar-refractivity contribution in [3.8, 4) is 5.88 Å². The molecular formula is C13H21N3O4. The van der Waals surface area contributed by atoms with Crippen LogP contribution in [0.25, 0.3) is 0 Å². The number of nitrogens with two attached hydrogens (primary N) is 1. The Bertz CT molecular complexity index is 384. The van der Waals surface area contributed by atoms with E-state index in [2.05, 4.69) is 4.98 Å². The van der Waals surface area contributed by atoms with Crippen LogP contribution in [-0.4, -0.2) is 57.6 Å². The molecule has 0 aliphatic rings. The van der Waals surface area contributed by atoms with Crippen LogP contribution >= 0.6 is 0 Å². The van der Waals surface area contributed by atoms with Gasteiger partial charge in [0.05, 0.1) is 33.0 Å². The van der Waals surface area contributed by atoms with Crippen molar-refractivity contribution >= 4 is 5.84 Å². The molecule has 0 saturated heterocycles. The predicted molar refractivity (Wildman–Crippen MR) is 74.3 cm³/mol. The summed E-state index contributed by atoms with van der Waals surface area (Å²) in [7, 11) is 1.63. The predicted octanol–water partition coefficient (Wildman–Crippen LogP) is 0.424. The van der Waals surface area contributed by atoms with Crippen LogP contribution in [0.4, 0.5) is 0 Å². The van der Waals surface area contributed by atoms with E-state index in [-0.39, 0.29) is 5.84 Å². The summed E-state index contributed by atoms with van der Waals surface area (Å²) in [6.45, 7) is 3.08. The zero-order valence-corrected chi connectivity index (χ0v) is 11.6. The summed E-state index contributed by atoms with van der Waals surface area (Å²) in [5.41, 5.74) is 5.90. The number of nitrogen functional groups attached to an aromatic ring is 1. The van der Waals surface area contributed by atoms with Crippen molar-refractivity contribution in [1.29, 1.82) is 5.41 Å². The van der Waals surface area contributed by atoms with Gasteiger partial charge in [-0.05, 0) is 6.07 Å². The van der Waals surface area contributed by atoms with Gasteiger partial charge in [-0.3, -0.25) is 5.41 Å². The fraction of sp³-hybridized carbons (Fsp3) is 0.538. The Morgan fingerprint density at radius 1 is 1.10 bits per heavy atom. The fourth-order valence-corrected chi connectivity index (χ4v) is 1.29. The molecule has 3 N–H and O–H groups in total. The molecule has 0 aliphatic heterocycles. The smallest absolute Gasteiger partial charge is 0.213 e. The van der Waals surface area contributed by atoms with E-state index in [1.807, 2.05) is 0 Å². The lowest BCUT2D eigenvalue weighted by molar-refractivity contribution is 0.0176. The quantitative estimate of drug-likeness (QED) is 0.347. The molecule has 0 spiro atoms. The highest BCUT2D eigenvalue weighted by Crippen LogP contribution is 2.06. The Morgan fingerprint density at radius 2 is 1.75 bits per heavy atom. The number of rotatable bonds is 11. The first-order chi connectivity index (χ1) is 9.74. The van der Waals surface area contributed by atoms with Gasteiger partial charge in [-0.25, -0.2) is 4.98 Å². The molecule has 20 heavy (non-hydrogen) atoms. The normalized spacial score (nSPS) is 10.4. The average molecular weight is 283 g/mol. The summed E-state index contributed by atoms with van der Waals surface area (Å²) in [5, 5.41) is 7.24. The molecule has 1 rings (SSSR count). The Kier molecular flexibility index (Phi) is 8.28. The van der Waals surface area contributed by atoms with Gasteiger partial charge < -0.3 is 24.7 Å². The van der Waals surface area contributed by atoms with Crippen LogP contribution in [-0.2, 0) is 14.2 Å². The van der Waals surface area contributed by atoms with Crippen molar-refractivity contribution in [3.05, 3.63) is 23.9 Å². The molecule has 1 aromatic heterocycles. The summed E-state index contributed by atoms with van der Waals surface area (Å²) in [6.07, 6.45) is 1.50. The maximum Gasteiger partial charge on any atom is 0.213 e. The first-order valence-corrected chi connectivity index (χ1v) is 6.31. The minimum absolute atomic E-state index is 0.0131. The SMILES string of the molecule is COCCOCCOCCOc1ccc(C(=N)N)cn1. The van der Waals surface area contributed by atoms with E-state index in [9.17, 15) is 0 Å². The second-order valence-electron chi connectivity index (χ2n) is 3.86. The molecule has 0 atom stereocenters. The number of nitrogens with zero attached hydrogens (tertiary/aromatic N) is 1. The Morgan fingerprint density at radius 3 is 2.30 bits per heavy atom. The zero-order valence-electron chi connectivity index (χ0n) is 11.6. The van der Waals surface area contributed by atoms with Gasteiger partial charge in [0.15, 0.2) is 0 Å². The number of amidine groups is 1. The van der Waals surface area contributed by atoms with Gasteiger partial charge in [0, 0.05) is 24.9 Å². The number of ether oxygens (including phenoxy) is 4. The van der Waals surface area contributed by atoms with E-state index in [4.69, 9.17) is 30.1 Å². The summed E-state index contributed by atoms with van der Waals surface area (Å²) in [5.74, 6) is 0.468. The first kappa shape index (κ1) is 16.4. The van der Waals surface area contributed by atoms with Gasteiger partial charge in [0.1, 0.15) is 12.4 Å². The van der Waals surface area contributed by atoms with Crippen LogP contribution in [0.3, 0.4) is 0 Å². The molecule has 1 heterocycles. The van der Waals surface area contributed by atoms with Crippen LogP contribution < -0.4 is 10.5 Å². The molecule has 0 saturated carbocycles. The van der Waals surface area contributed by atoms with E-state index < -0.39 is 0 Å². The van der Waals surface area contributed by atoms with Gasteiger partial charge in [-0.15, -0.1) is 0 Å². The Balaban J connectivity index is 2.02. The Hall–Kier alpha value is -1.70. The lowest BCUT2D eigenvalue weighted by atomic mass is 10.3. The third-order valence-electron chi connectivity index (χ3n) is 2.33. The lowest BCUT2D eigenvalue weighted by Crippen LogP contribution is -2.13. The van der Waals surface area contributed by atoms with Gasteiger partial charge >= 0.3 is 0 Å². The van der Waals surface area contributed by atoms with Gasteiger partial charge in [0.2, 0.25) is 5.88 Å². The summed E-state index contributed by atoms with van der Waals surface area (Å²) in [6, 6.07) is 3.36. The molecule has 0 bridgehead atoms. The van der Waals surface area contributed by atoms with Crippen molar-refractivity contribution in [1.82, 2.24) is 4.98 Å². The third kappa shape index (κ3) is 7.03. The number of hydrogen-bond donors (Lipinski definition) is 2. The van der Waals surface area contributed by atoms with E-state index in [1.165, 1.54) is 6.20 Å². The lowest BCUT2D eigenvalue weighted by Gasteiger charge is -2.07. The van der Waals surface area contributed by atoms with Crippen molar-refractivity contribution < 1.29 is 18.9 Å². The van der Waals surface area contributed by atoms with Crippen LogP contribution in [0.1, 0.15) is 5.56 Å². The summed E-state index contributed by atoms with van der Waals surface area (Å²) in [4.78, 5) is 4.03. The van der Waals surface area contributed by atoms with Crippen LogP contribution in [0, 0.1) is 5.41 Å². The number of nitrogens with one attached hydrogen (secondary N) is 1. The average Bonchev–Trinajstić information content (AvgIpc) is 2.46. The molecule has 7 heteroatoms. The maximum atomic E-state index is 7.24. The standard InChI is InChI=1S/C13H21N3O4/c1-17-4-5-18-6-7-19-8-9-20-12-3-2-11(10-16-12)13(14)15/h2-3,10H,4-9H2,1H3,(H3,14,15). The molecule has 1 aromatic rings. The number of pyridine rings is 1. The molecule has 0 fully saturated rings. The Labute approximate surface area is 118 Å². The molecule has 7 nitrogen and oxygen atoms in total. The highest BCUT2D eigenvalue weighted by molar-refractivity contribution is 5.94. The monoisotopic (exact) mass is 283 g/mol. The minimum Gasteiger partial charge on any atom is -0.475 e. The molecule has 0 amide bonds. The number of hydrogen-bond acceptors (Lipinski definition) is 6. The van der Waals surface area contributed by atoms with E-state index in [0.717, 1.165) is 0 Å². The highest BCUT2D eigenvalue weighted by atomic mass is 16.6. The third-order valence-corrected chi connectivity index (χ3v) is 2.33. The fourth-order valence-electron chi connectivity index (χ4n) is 1.29. The van der Waals surface area contributed by atoms with Gasteiger partial charge in [0.25, 0.3) is 0 Å². The summed E-state index contributed by atoms with van der Waals surface area (Å²) < 4.78 is 20.8. The van der Waals surface area contributed by atoms with Crippen LogP contribution in [0.15, 0.2) is 18.3 Å². The van der Waals surface area contributed by atoms with E-state index in [0.29, 0.717) is 51.1 Å². The van der Waals surface area contributed by atoms with Crippen molar-refractivity contribution in [3.63, 3.8) is 0 Å². The highest BCUT2D eigenvalue weighted by Gasteiger charge is 1.99. The van der Waals surface area contributed by atoms with E-state index >= 15 is 0 Å². The summed E-state index contributed by atoms with van der Waals surface area (Å²) >= 11 is 0. The number of methoxy groups -OCH3 is 1. The number of aromatic nitrogens is 1. The van der Waals surface area contributed by atoms with Crippen LogP contribution in [0.5, 0.6) is 5.88 Å². The van der Waals surface area contributed by atoms with Gasteiger partial charge in [-0.1, -0.05) is 0 Å².